The van der Waals surface area contributed by atoms with Crippen LogP contribution in [0.1, 0.15) is 27.0 Å². The molecule has 0 heterocycles. The number of carbonyl (C=O) groups excluding carboxylic acids is 1. The number of halogens is 2. The fourth-order valence-corrected chi connectivity index (χ4v) is 4.34. The highest BCUT2D eigenvalue weighted by atomic mass is 32.2. The van der Waals surface area contributed by atoms with Gasteiger partial charge in [-0.25, -0.2) is 17.2 Å². The summed E-state index contributed by atoms with van der Waals surface area (Å²) >= 11 is 0. The summed E-state index contributed by atoms with van der Waals surface area (Å²) in [6.45, 7) is 5.32. The lowest BCUT2D eigenvalue weighted by Crippen LogP contribution is -2.17. The van der Waals surface area contributed by atoms with Crippen molar-refractivity contribution >= 4 is 27.3 Å². The Kier molecular flexibility index (Phi) is 5.89. The molecule has 5 nitrogen and oxygen atoms in total. The molecule has 2 N–H and O–H groups in total. The summed E-state index contributed by atoms with van der Waals surface area (Å²) in [6.07, 6.45) is 0. The molecule has 0 saturated heterocycles. The minimum atomic E-state index is -3.96. The van der Waals surface area contributed by atoms with Crippen molar-refractivity contribution < 1.29 is 22.0 Å². The van der Waals surface area contributed by atoms with Gasteiger partial charge in [0.1, 0.15) is 0 Å². The Bertz CT molecular complexity index is 1240. The van der Waals surface area contributed by atoms with Gasteiger partial charge in [-0.1, -0.05) is 23.8 Å². The van der Waals surface area contributed by atoms with Crippen molar-refractivity contribution in [2.24, 2.45) is 0 Å². The molecule has 30 heavy (non-hydrogen) atoms. The molecule has 0 unspecified atom stereocenters. The van der Waals surface area contributed by atoms with Gasteiger partial charge in [-0.2, -0.15) is 0 Å². The second-order valence-corrected chi connectivity index (χ2v) is 8.64. The Morgan fingerprint density at radius 2 is 1.57 bits per heavy atom. The van der Waals surface area contributed by atoms with Gasteiger partial charge in [0.2, 0.25) is 0 Å². The fraction of sp³-hybridized carbons (Fsp3) is 0.136. The molecule has 0 bridgehead atoms. The molecule has 0 aliphatic carbocycles. The highest BCUT2D eigenvalue weighted by Gasteiger charge is 2.20. The molecule has 0 radical (unpaired) electrons. The molecule has 0 aromatic heterocycles. The molecule has 0 spiro atoms. The van der Waals surface area contributed by atoms with E-state index in [9.17, 15) is 22.0 Å². The Hall–Kier alpha value is -3.26. The number of anilines is 2. The standard InChI is InChI=1S/C22H20F2N2O3S/c1-13-4-9-20(15(3)10-13)26-30(28,29)21-11-16(6-5-14(21)2)22(27)25-17-7-8-18(23)19(24)12-17/h4-12,26H,1-3H3,(H,25,27). The van der Waals surface area contributed by atoms with E-state index in [2.05, 4.69) is 10.0 Å². The van der Waals surface area contributed by atoms with Crippen LogP contribution in [0, 0.1) is 32.4 Å². The number of rotatable bonds is 5. The van der Waals surface area contributed by atoms with Gasteiger partial charge in [0.05, 0.1) is 10.6 Å². The normalized spacial score (nSPS) is 11.2. The van der Waals surface area contributed by atoms with Gasteiger partial charge < -0.3 is 5.32 Å². The average molecular weight is 430 g/mol. The third kappa shape index (κ3) is 4.65. The van der Waals surface area contributed by atoms with E-state index in [0.29, 0.717) is 11.3 Å². The molecule has 0 fully saturated rings. The van der Waals surface area contributed by atoms with Crippen LogP contribution < -0.4 is 10.0 Å². The smallest absolute Gasteiger partial charge is 0.262 e. The van der Waals surface area contributed by atoms with E-state index in [4.69, 9.17) is 0 Å². The van der Waals surface area contributed by atoms with Crippen molar-refractivity contribution in [3.63, 3.8) is 0 Å². The monoisotopic (exact) mass is 430 g/mol. The first-order valence-electron chi connectivity index (χ1n) is 9.04. The lowest BCUT2D eigenvalue weighted by atomic mass is 10.1. The van der Waals surface area contributed by atoms with Crippen molar-refractivity contribution in [3.05, 3.63) is 88.5 Å². The molecule has 3 aromatic rings. The Morgan fingerprint density at radius 3 is 2.23 bits per heavy atom. The van der Waals surface area contributed by atoms with E-state index >= 15 is 0 Å². The quantitative estimate of drug-likeness (QED) is 0.602. The second-order valence-electron chi connectivity index (χ2n) is 6.99. The first-order chi connectivity index (χ1) is 14.1. The number of hydrogen-bond donors (Lipinski definition) is 2. The van der Waals surface area contributed by atoms with Crippen LogP contribution in [0.15, 0.2) is 59.5 Å². The van der Waals surface area contributed by atoms with Gasteiger partial charge in [0.15, 0.2) is 11.6 Å². The number of sulfonamides is 1. The number of nitrogens with one attached hydrogen (secondary N) is 2. The topological polar surface area (TPSA) is 75.3 Å². The predicted molar refractivity (Wildman–Crippen MR) is 112 cm³/mol. The summed E-state index contributed by atoms with van der Waals surface area (Å²) in [5.41, 5.74) is 2.78. The number of hydrogen-bond acceptors (Lipinski definition) is 3. The van der Waals surface area contributed by atoms with Crippen LogP contribution in [0.25, 0.3) is 0 Å². The van der Waals surface area contributed by atoms with Gasteiger partial charge in [-0.05, 0) is 62.2 Å². The zero-order valence-electron chi connectivity index (χ0n) is 16.6. The molecule has 8 heteroatoms. The van der Waals surface area contributed by atoms with E-state index in [1.165, 1.54) is 24.3 Å². The minimum absolute atomic E-state index is 0.0530. The molecule has 3 aromatic carbocycles. The first-order valence-corrected chi connectivity index (χ1v) is 10.5. The third-order valence-corrected chi connectivity index (χ3v) is 6.05. The maximum Gasteiger partial charge on any atom is 0.262 e. The maximum absolute atomic E-state index is 13.4. The predicted octanol–water partition coefficient (Wildman–Crippen LogP) is 4.94. The van der Waals surface area contributed by atoms with Crippen molar-refractivity contribution in [3.8, 4) is 0 Å². The fourth-order valence-electron chi connectivity index (χ4n) is 2.94. The van der Waals surface area contributed by atoms with Gasteiger partial charge >= 0.3 is 0 Å². The van der Waals surface area contributed by atoms with Crippen LogP contribution in [0.5, 0.6) is 0 Å². The van der Waals surface area contributed by atoms with Crippen LogP contribution in [-0.2, 0) is 10.0 Å². The van der Waals surface area contributed by atoms with Crippen molar-refractivity contribution in [2.45, 2.75) is 25.7 Å². The molecular formula is C22H20F2N2O3S. The molecular weight excluding hydrogens is 410 g/mol. The summed E-state index contributed by atoms with van der Waals surface area (Å²) in [5.74, 6) is -2.78. The van der Waals surface area contributed by atoms with E-state index < -0.39 is 27.6 Å². The summed E-state index contributed by atoms with van der Waals surface area (Å²) < 4.78 is 54.8. The van der Waals surface area contributed by atoms with Crippen LogP contribution in [0.2, 0.25) is 0 Å². The lowest BCUT2D eigenvalue weighted by molar-refractivity contribution is 0.102. The second kappa shape index (κ2) is 8.23. The largest absolute Gasteiger partial charge is 0.322 e. The van der Waals surface area contributed by atoms with Gasteiger partial charge in [-0.3, -0.25) is 9.52 Å². The number of aryl methyl sites for hydroxylation is 3. The zero-order chi connectivity index (χ0) is 22.1. The average Bonchev–Trinajstić information content (AvgIpc) is 2.67. The van der Waals surface area contributed by atoms with Crippen molar-refractivity contribution in [1.82, 2.24) is 0 Å². The van der Waals surface area contributed by atoms with E-state index in [1.54, 1.807) is 26.0 Å². The first kappa shape index (κ1) is 21.4. The summed E-state index contributed by atoms with van der Waals surface area (Å²) in [4.78, 5) is 12.5. The van der Waals surface area contributed by atoms with Crippen molar-refractivity contribution in [2.75, 3.05) is 10.0 Å². The number of benzene rings is 3. The Morgan fingerprint density at radius 1 is 0.833 bits per heavy atom. The third-order valence-electron chi connectivity index (χ3n) is 4.54. The Balaban J connectivity index is 1.89. The number of amides is 1. The van der Waals surface area contributed by atoms with Crippen molar-refractivity contribution in [1.29, 1.82) is 0 Å². The SMILES string of the molecule is Cc1ccc(NS(=O)(=O)c2cc(C(=O)Nc3ccc(F)c(F)c3)ccc2C)c(C)c1. The van der Waals surface area contributed by atoms with Gasteiger partial charge in [0, 0.05) is 17.3 Å². The molecule has 0 saturated carbocycles. The van der Waals surface area contributed by atoms with Crippen LogP contribution in [0.4, 0.5) is 20.2 Å². The summed E-state index contributed by atoms with van der Waals surface area (Å²) in [7, 11) is -3.96. The molecule has 3 rings (SSSR count). The van der Waals surface area contributed by atoms with E-state index in [-0.39, 0.29) is 16.1 Å². The van der Waals surface area contributed by atoms with Crippen LogP contribution >= 0.6 is 0 Å². The summed E-state index contributed by atoms with van der Waals surface area (Å²) in [6, 6.07) is 12.5. The van der Waals surface area contributed by atoms with E-state index in [1.807, 2.05) is 13.0 Å². The van der Waals surface area contributed by atoms with Crippen LogP contribution in [-0.4, -0.2) is 14.3 Å². The van der Waals surface area contributed by atoms with Gasteiger partial charge in [0.25, 0.3) is 15.9 Å². The lowest BCUT2D eigenvalue weighted by Gasteiger charge is -2.14. The maximum atomic E-state index is 13.4. The molecule has 0 atom stereocenters. The summed E-state index contributed by atoms with van der Waals surface area (Å²) in [5, 5.41) is 2.43. The molecule has 1 amide bonds. The molecule has 0 aliphatic heterocycles. The van der Waals surface area contributed by atoms with Gasteiger partial charge in [-0.15, -0.1) is 0 Å². The highest BCUT2D eigenvalue weighted by molar-refractivity contribution is 7.92. The Labute approximate surface area is 173 Å². The number of carbonyl (C=O) groups is 1. The molecule has 156 valence electrons. The van der Waals surface area contributed by atoms with E-state index in [0.717, 1.165) is 23.3 Å². The van der Waals surface area contributed by atoms with Crippen LogP contribution in [0.3, 0.4) is 0 Å². The minimum Gasteiger partial charge on any atom is -0.322 e. The molecule has 0 aliphatic rings. The highest BCUT2D eigenvalue weighted by Crippen LogP contribution is 2.24. The zero-order valence-corrected chi connectivity index (χ0v) is 17.4.